The van der Waals surface area contributed by atoms with E-state index in [-0.39, 0.29) is 5.54 Å². The zero-order valence-corrected chi connectivity index (χ0v) is 13.8. The van der Waals surface area contributed by atoms with Crippen molar-refractivity contribution in [1.29, 1.82) is 0 Å². The van der Waals surface area contributed by atoms with E-state index in [1.54, 1.807) is 0 Å². The quantitative estimate of drug-likeness (QED) is 0.804. The molecule has 0 radical (unpaired) electrons. The molecular weight excluding hydrogens is 359 g/mol. The van der Waals surface area contributed by atoms with Crippen LogP contribution in [0.3, 0.4) is 0 Å². The van der Waals surface area contributed by atoms with E-state index in [0.29, 0.717) is 0 Å². The Labute approximate surface area is 134 Å². The minimum absolute atomic E-state index is 0.0147. The van der Waals surface area contributed by atoms with Gasteiger partial charge in [-0.25, -0.2) is 0 Å². The normalized spacial score (nSPS) is 22.8. The number of benzene rings is 2. The van der Waals surface area contributed by atoms with Crippen LogP contribution in [0.15, 0.2) is 54.6 Å². The lowest BCUT2D eigenvalue weighted by molar-refractivity contribution is 0.332. The molecule has 1 heterocycles. The number of nitrogens with zero attached hydrogens (tertiary/aromatic N) is 1. The van der Waals surface area contributed by atoms with Gasteiger partial charge in [0.2, 0.25) is 0 Å². The fourth-order valence-electron chi connectivity index (χ4n) is 2.88. The molecule has 104 valence electrons. The van der Waals surface area contributed by atoms with Crippen LogP contribution in [0.2, 0.25) is 0 Å². The molecule has 0 bridgehead atoms. The highest BCUT2D eigenvalue weighted by molar-refractivity contribution is 14.1. The predicted octanol–water partition coefficient (Wildman–Crippen LogP) is 3.62. The molecule has 0 spiro atoms. The van der Waals surface area contributed by atoms with Crippen molar-refractivity contribution in [2.45, 2.75) is 12.5 Å². The summed E-state index contributed by atoms with van der Waals surface area (Å²) >= 11 is 2.38. The highest BCUT2D eigenvalue weighted by Crippen LogP contribution is 2.28. The first kappa shape index (κ1) is 13.9. The van der Waals surface area contributed by atoms with Crippen LogP contribution in [-0.2, 0) is 5.54 Å². The molecule has 1 unspecified atom stereocenters. The summed E-state index contributed by atoms with van der Waals surface area (Å²) in [5.74, 6) is 0. The van der Waals surface area contributed by atoms with Gasteiger partial charge in [0.05, 0.1) is 5.54 Å². The highest BCUT2D eigenvalue weighted by Gasteiger charge is 2.32. The van der Waals surface area contributed by atoms with E-state index in [4.69, 9.17) is 0 Å². The maximum Gasteiger partial charge on any atom is 0.0584 e. The molecule has 2 nitrogen and oxygen atoms in total. The number of anilines is 1. The average Bonchev–Trinajstić information content (AvgIpc) is 2.48. The Hall–Kier alpha value is -1.07. The molecule has 3 rings (SSSR count). The standard InChI is InChI=1S/C17H19IN2/c1-17(14-6-3-2-4-7-14)13-20(11-10-19-17)16-9-5-8-15(18)12-16/h2-9,12,19H,10-11,13H2,1H3. The molecule has 0 saturated carbocycles. The van der Waals surface area contributed by atoms with Crippen molar-refractivity contribution < 1.29 is 0 Å². The van der Waals surface area contributed by atoms with E-state index in [1.165, 1.54) is 14.8 Å². The lowest BCUT2D eigenvalue weighted by Gasteiger charge is -2.43. The van der Waals surface area contributed by atoms with Gasteiger partial charge in [0.1, 0.15) is 0 Å². The number of hydrogen-bond donors (Lipinski definition) is 1. The Bertz CT molecular complexity index is 585. The van der Waals surface area contributed by atoms with Crippen molar-refractivity contribution in [2.24, 2.45) is 0 Å². The van der Waals surface area contributed by atoms with Crippen molar-refractivity contribution in [3.63, 3.8) is 0 Å². The molecule has 20 heavy (non-hydrogen) atoms. The predicted molar refractivity (Wildman–Crippen MR) is 93.2 cm³/mol. The third-order valence-corrected chi connectivity index (χ3v) is 4.66. The van der Waals surface area contributed by atoms with Gasteiger partial charge in [-0.1, -0.05) is 36.4 Å². The number of hydrogen-bond acceptors (Lipinski definition) is 2. The van der Waals surface area contributed by atoms with Crippen molar-refractivity contribution in [1.82, 2.24) is 5.32 Å². The third kappa shape index (κ3) is 2.83. The van der Waals surface area contributed by atoms with Crippen LogP contribution in [0.5, 0.6) is 0 Å². The summed E-state index contributed by atoms with van der Waals surface area (Å²) in [4.78, 5) is 2.48. The minimum Gasteiger partial charge on any atom is -0.368 e. The molecule has 0 amide bonds. The van der Waals surface area contributed by atoms with Crippen LogP contribution < -0.4 is 10.2 Å². The molecule has 1 aliphatic heterocycles. The zero-order chi connectivity index (χ0) is 14.0. The SMILES string of the molecule is CC1(c2ccccc2)CN(c2cccc(I)c2)CCN1. The Balaban J connectivity index is 1.87. The number of rotatable bonds is 2. The Morgan fingerprint density at radius 3 is 2.65 bits per heavy atom. The van der Waals surface area contributed by atoms with E-state index in [2.05, 4.69) is 94.3 Å². The van der Waals surface area contributed by atoms with Gasteiger partial charge in [0.25, 0.3) is 0 Å². The maximum atomic E-state index is 3.68. The molecule has 0 aliphatic carbocycles. The minimum atomic E-state index is 0.0147. The zero-order valence-electron chi connectivity index (χ0n) is 11.6. The third-order valence-electron chi connectivity index (χ3n) is 3.99. The Morgan fingerprint density at radius 1 is 1.10 bits per heavy atom. The van der Waals surface area contributed by atoms with Gasteiger partial charge in [-0.05, 0) is 53.3 Å². The fraction of sp³-hybridized carbons (Fsp3) is 0.294. The van der Waals surface area contributed by atoms with Gasteiger partial charge in [0, 0.05) is 28.9 Å². The van der Waals surface area contributed by atoms with Gasteiger partial charge < -0.3 is 10.2 Å². The first-order valence-electron chi connectivity index (χ1n) is 6.98. The van der Waals surface area contributed by atoms with Crippen molar-refractivity contribution in [3.05, 3.63) is 63.7 Å². The first-order chi connectivity index (χ1) is 9.67. The smallest absolute Gasteiger partial charge is 0.0584 e. The summed E-state index contributed by atoms with van der Waals surface area (Å²) in [6.45, 7) is 5.36. The number of piperazine rings is 1. The molecule has 1 N–H and O–H groups in total. The van der Waals surface area contributed by atoms with E-state index in [1.807, 2.05) is 0 Å². The lowest BCUT2D eigenvalue weighted by atomic mass is 9.89. The van der Waals surface area contributed by atoms with Crippen LogP contribution in [0.25, 0.3) is 0 Å². The van der Waals surface area contributed by atoms with Crippen LogP contribution >= 0.6 is 22.6 Å². The summed E-state index contributed by atoms with van der Waals surface area (Å²) in [6, 6.07) is 19.5. The van der Waals surface area contributed by atoms with Crippen LogP contribution in [0.4, 0.5) is 5.69 Å². The summed E-state index contributed by atoms with van der Waals surface area (Å²) in [6.07, 6.45) is 0. The van der Waals surface area contributed by atoms with Gasteiger partial charge in [0.15, 0.2) is 0 Å². The molecule has 2 aromatic carbocycles. The van der Waals surface area contributed by atoms with Gasteiger partial charge in [-0.3, -0.25) is 0 Å². The summed E-state index contributed by atoms with van der Waals surface area (Å²) in [5.41, 5.74) is 2.69. The van der Waals surface area contributed by atoms with E-state index < -0.39 is 0 Å². The maximum absolute atomic E-state index is 3.68. The second-order valence-corrected chi connectivity index (χ2v) is 6.77. The van der Waals surface area contributed by atoms with Gasteiger partial charge in [-0.2, -0.15) is 0 Å². The molecule has 1 saturated heterocycles. The number of halogens is 1. The summed E-state index contributed by atoms with van der Waals surface area (Å²) in [7, 11) is 0. The second-order valence-electron chi connectivity index (χ2n) is 5.53. The molecule has 1 fully saturated rings. The van der Waals surface area contributed by atoms with Gasteiger partial charge in [-0.15, -0.1) is 0 Å². The van der Waals surface area contributed by atoms with Crippen LogP contribution in [0, 0.1) is 3.57 Å². The molecule has 0 aromatic heterocycles. The molecular formula is C17H19IN2. The topological polar surface area (TPSA) is 15.3 Å². The highest BCUT2D eigenvalue weighted by atomic mass is 127. The van der Waals surface area contributed by atoms with Crippen molar-refractivity contribution in [2.75, 3.05) is 24.5 Å². The molecule has 1 aliphatic rings. The van der Waals surface area contributed by atoms with Gasteiger partial charge >= 0.3 is 0 Å². The first-order valence-corrected chi connectivity index (χ1v) is 8.06. The van der Waals surface area contributed by atoms with E-state index in [9.17, 15) is 0 Å². The summed E-state index contributed by atoms with van der Waals surface area (Å²) in [5, 5.41) is 3.68. The monoisotopic (exact) mass is 378 g/mol. The van der Waals surface area contributed by atoms with E-state index >= 15 is 0 Å². The second kappa shape index (κ2) is 5.74. The lowest BCUT2D eigenvalue weighted by Crippen LogP contribution is -2.56. The van der Waals surface area contributed by atoms with E-state index in [0.717, 1.165) is 19.6 Å². The Kier molecular flexibility index (Phi) is 3.98. The summed E-state index contributed by atoms with van der Waals surface area (Å²) < 4.78 is 1.29. The molecule has 3 heteroatoms. The number of nitrogens with one attached hydrogen (secondary N) is 1. The van der Waals surface area contributed by atoms with Crippen LogP contribution in [0.1, 0.15) is 12.5 Å². The fourth-order valence-corrected chi connectivity index (χ4v) is 3.40. The van der Waals surface area contributed by atoms with Crippen molar-refractivity contribution in [3.8, 4) is 0 Å². The molecule has 2 aromatic rings. The average molecular weight is 378 g/mol. The van der Waals surface area contributed by atoms with Crippen molar-refractivity contribution >= 4 is 28.3 Å². The van der Waals surface area contributed by atoms with Crippen LogP contribution in [-0.4, -0.2) is 19.6 Å². The Morgan fingerprint density at radius 2 is 1.90 bits per heavy atom. The largest absolute Gasteiger partial charge is 0.368 e. The molecule has 1 atom stereocenters.